The maximum Gasteiger partial charge on any atom is 0.264 e. The Hall–Kier alpha value is -0.800. The molecule has 0 N–H and O–H groups in total. The molecule has 1 unspecified atom stereocenters. The summed E-state index contributed by atoms with van der Waals surface area (Å²) in [6, 6.07) is 7.31. The highest BCUT2D eigenvalue weighted by Gasteiger charge is 2.27. The molecule has 0 radical (unpaired) electrons. The van der Waals surface area contributed by atoms with Gasteiger partial charge < -0.3 is 0 Å². The van der Waals surface area contributed by atoms with Crippen molar-refractivity contribution in [1.82, 2.24) is 0 Å². The van der Waals surface area contributed by atoms with Gasteiger partial charge in [0.05, 0.1) is 5.04 Å². The first-order valence-corrected chi connectivity index (χ1v) is 5.44. The third kappa shape index (κ3) is 1.83. The topological polar surface area (TPSA) is 29.4 Å². The zero-order valence-corrected chi connectivity index (χ0v) is 9.10. The summed E-state index contributed by atoms with van der Waals surface area (Å²) in [7, 11) is 0. The Morgan fingerprint density at radius 2 is 2.00 bits per heavy atom. The minimum Gasteiger partial charge on any atom is -0.271 e. The lowest BCUT2D eigenvalue weighted by atomic mass is 10.1. The van der Waals surface area contributed by atoms with Crippen molar-refractivity contribution in [3.05, 3.63) is 34.9 Å². The SMILES string of the molecule is CC1=NC(=O)C(c2ccc(Cl)cc2)S1. The van der Waals surface area contributed by atoms with Crippen LogP contribution in [-0.2, 0) is 4.79 Å². The van der Waals surface area contributed by atoms with Crippen molar-refractivity contribution in [2.24, 2.45) is 4.99 Å². The minimum absolute atomic E-state index is 0.0742. The number of aliphatic imine (C=N–C) groups is 1. The van der Waals surface area contributed by atoms with Gasteiger partial charge in [-0.2, -0.15) is 0 Å². The van der Waals surface area contributed by atoms with E-state index in [1.54, 1.807) is 12.1 Å². The molecular weight excluding hydrogens is 218 g/mol. The van der Waals surface area contributed by atoms with Crippen molar-refractivity contribution in [3.63, 3.8) is 0 Å². The highest BCUT2D eigenvalue weighted by Crippen LogP contribution is 2.36. The largest absolute Gasteiger partial charge is 0.271 e. The lowest BCUT2D eigenvalue weighted by Gasteiger charge is -2.05. The first-order valence-electron chi connectivity index (χ1n) is 4.18. The number of nitrogens with zero attached hydrogens (tertiary/aromatic N) is 1. The number of carbonyl (C=O) groups excluding carboxylic acids is 1. The molecule has 0 saturated heterocycles. The van der Waals surface area contributed by atoms with E-state index < -0.39 is 0 Å². The van der Waals surface area contributed by atoms with Crippen LogP contribution in [0.2, 0.25) is 5.02 Å². The third-order valence-electron chi connectivity index (χ3n) is 1.95. The fourth-order valence-corrected chi connectivity index (χ4v) is 2.37. The quantitative estimate of drug-likeness (QED) is 0.735. The van der Waals surface area contributed by atoms with E-state index in [-0.39, 0.29) is 11.2 Å². The van der Waals surface area contributed by atoms with E-state index in [1.807, 2.05) is 19.1 Å². The van der Waals surface area contributed by atoms with Gasteiger partial charge in [-0.05, 0) is 24.6 Å². The molecule has 0 spiro atoms. The van der Waals surface area contributed by atoms with Crippen molar-refractivity contribution in [2.75, 3.05) is 0 Å². The molecule has 2 rings (SSSR count). The highest BCUT2D eigenvalue weighted by atomic mass is 35.5. The molecule has 1 aliphatic rings. The minimum atomic E-state index is -0.174. The van der Waals surface area contributed by atoms with Crippen molar-refractivity contribution in [2.45, 2.75) is 12.2 Å². The smallest absolute Gasteiger partial charge is 0.264 e. The molecule has 72 valence electrons. The van der Waals surface area contributed by atoms with Gasteiger partial charge in [-0.15, -0.1) is 0 Å². The Bertz CT molecular complexity index is 399. The molecule has 2 nitrogen and oxygen atoms in total. The Morgan fingerprint density at radius 3 is 2.50 bits per heavy atom. The Balaban J connectivity index is 2.26. The fourth-order valence-electron chi connectivity index (χ4n) is 1.31. The lowest BCUT2D eigenvalue weighted by molar-refractivity contribution is -0.117. The van der Waals surface area contributed by atoms with E-state index in [4.69, 9.17) is 11.6 Å². The lowest BCUT2D eigenvalue weighted by Crippen LogP contribution is -2.00. The molecule has 1 aromatic carbocycles. The summed E-state index contributed by atoms with van der Waals surface area (Å²) in [6.45, 7) is 1.85. The molecule has 1 amide bonds. The molecule has 4 heteroatoms. The molecule has 0 aliphatic carbocycles. The van der Waals surface area contributed by atoms with Crippen LogP contribution in [0.25, 0.3) is 0 Å². The monoisotopic (exact) mass is 225 g/mol. The van der Waals surface area contributed by atoms with Gasteiger partial charge in [-0.3, -0.25) is 4.79 Å². The van der Waals surface area contributed by atoms with Gasteiger partial charge >= 0.3 is 0 Å². The number of halogens is 1. The van der Waals surface area contributed by atoms with Gasteiger partial charge in [0.15, 0.2) is 0 Å². The van der Waals surface area contributed by atoms with Gasteiger partial charge in [0.2, 0.25) is 0 Å². The number of rotatable bonds is 1. The molecule has 1 aliphatic heterocycles. The van der Waals surface area contributed by atoms with Crippen molar-refractivity contribution in [1.29, 1.82) is 0 Å². The van der Waals surface area contributed by atoms with Crippen LogP contribution < -0.4 is 0 Å². The Morgan fingerprint density at radius 1 is 1.36 bits per heavy atom. The molecule has 1 heterocycles. The summed E-state index contributed by atoms with van der Waals surface area (Å²) in [5.41, 5.74) is 0.963. The maximum absolute atomic E-state index is 11.4. The first kappa shape index (κ1) is 9.74. The zero-order valence-electron chi connectivity index (χ0n) is 7.53. The fraction of sp³-hybridized carbons (Fsp3) is 0.200. The number of amides is 1. The van der Waals surface area contributed by atoms with Crippen LogP contribution in [0.1, 0.15) is 17.7 Å². The highest BCUT2D eigenvalue weighted by molar-refractivity contribution is 8.15. The van der Waals surface area contributed by atoms with E-state index >= 15 is 0 Å². The third-order valence-corrected chi connectivity index (χ3v) is 3.35. The summed E-state index contributed by atoms with van der Waals surface area (Å²) in [5, 5.41) is 1.34. The molecule has 1 aromatic rings. The van der Waals surface area contributed by atoms with E-state index in [1.165, 1.54) is 11.8 Å². The van der Waals surface area contributed by atoms with Gasteiger partial charge in [-0.25, -0.2) is 4.99 Å². The molecular formula is C10H8ClNOS. The molecule has 0 bridgehead atoms. The zero-order chi connectivity index (χ0) is 10.1. The van der Waals surface area contributed by atoms with Crippen molar-refractivity contribution >= 4 is 34.3 Å². The van der Waals surface area contributed by atoms with Gasteiger partial charge in [0.1, 0.15) is 5.25 Å². The second kappa shape index (κ2) is 3.75. The predicted octanol–water partition coefficient (Wildman–Crippen LogP) is 3.07. The average Bonchev–Trinajstić information content (AvgIpc) is 2.47. The molecule has 1 atom stereocenters. The van der Waals surface area contributed by atoms with Crippen LogP contribution >= 0.6 is 23.4 Å². The Kier molecular flexibility index (Phi) is 2.61. The predicted molar refractivity (Wildman–Crippen MR) is 59.9 cm³/mol. The average molecular weight is 226 g/mol. The number of benzene rings is 1. The van der Waals surface area contributed by atoms with E-state index in [0.717, 1.165) is 10.6 Å². The summed E-state index contributed by atoms with van der Waals surface area (Å²) in [4.78, 5) is 15.3. The van der Waals surface area contributed by atoms with Crippen LogP contribution in [0.3, 0.4) is 0 Å². The second-order valence-corrected chi connectivity index (χ2v) is 4.75. The molecule has 0 aromatic heterocycles. The molecule has 0 fully saturated rings. The first-order chi connectivity index (χ1) is 6.66. The van der Waals surface area contributed by atoms with Gasteiger partial charge in [0.25, 0.3) is 5.91 Å². The number of thioether (sulfide) groups is 1. The van der Waals surface area contributed by atoms with Crippen LogP contribution in [0.4, 0.5) is 0 Å². The summed E-state index contributed by atoms with van der Waals surface area (Å²) < 4.78 is 0. The summed E-state index contributed by atoms with van der Waals surface area (Å²) >= 11 is 7.25. The van der Waals surface area contributed by atoms with E-state index in [2.05, 4.69) is 4.99 Å². The summed E-state index contributed by atoms with van der Waals surface area (Å²) in [6.07, 6.45) is 0. The van der Waals surface area contributed by atoms with E-state index in [0.29, 0.717) is 5.02 Å². The van der Waals surface area contributed by atoms with Crippen LogP contribution in [0.15, 0.2) is 29.3 Å². The maximum atomic E-state index is 11.4. The normalized spacial score (nSPS) is 21.1. The van der Waals surface area contributed by atoms with Gasteiger partial charge in [0, 0.05) is 5.02 Å². The molecule has 14 heavy (non-hydrogen) atoms. The standard InChI is InChI=1S/C10H8ClNOS/c1-6-12-10(13)9(14-6)7-2-4-8(11)5-3-7/h2-5,9H,1H3. The van der Waals surface area contributed by atoms with Crippen LogP contribution in [0.5, 0.6) is 0 Å². The van der Waals surface area contributed by atoms with Crippen LogP contribution in [0, 0.1) is 0 Å². The van der Waals surface area contributed by atoms with E-state index in [9.17, 15) is 4.79 Å². The number of hydrogen-bond acceptors (Lipinski definition) is 2. The summed E-state index contributed by atoms with van der Waals surface area (Å²) in [5.74, 6) is -0.0742. The van der Waals surface area contributed by atoms with Crippen molar-refractivity contribution in [3.8, 4) is 0 Å². The number of hydrogen-bond donors (Lipinski definition) is 0. The molecule has 0 saturated carbocycles. The van der Waals surface area contributed by atoms with Crippen molar-refractivity contribution < 1.29 is 4.79 Å². The second-order valence-electron chi connectivity index (χ2n) is 3.02. The Labute approximate surface area is 91.4 Å². The van der Waals surface area contributed by atoms with Crippen LogP contribution in [-0.4, -0.2) is 11.0 Å². The van der Waals surface area contributed by atoms with Gasteiger partial charge in [-0.1, -0.05) is 35.5 Å². The number of carbonyl (C=O) groups is 1.